The predicted molar refractivity (Wildman–Crippen MR) is 91.5 cm³/mol. The molecule has 0 unspecified atom stereocenters. The maximum Gasteiger partial charge on any atom is 0.223 e. The van der Waals surface area contributed by atoms with Crippen LogP contribution in [-0.2, 0) is 18.3 Å². The van der Waals surface area contributed by atoms with E-state index in [4.69, 9.17) is 5.73 Å². The Kier molecular flexibility index (Phi) is 4.64. The highest BCUT2D eigenvalue weighted by Gasteiger charge is 2.22. The summed E-state index contributed by atoms with van der Waals surface area (Å²) in [5.74, 6) is 1.32. The van der Waals surface area contributed by atoms with Gasteiger partial charge in [-0.2, -0.15) is 10.1 Å². The summed E-state index contributed by atoms with van der Waals surface area (Å²) in [5, 5.41) is 4.13. The summed E-state index contributed by atoms with van der Waals surface area (Å²) < 4.78 is 1.76. The molecule has 2 aromatic heterocycles. The monoisotopic (exact) mass is 329 g/mol. The van der Waals surface area contributed by atoms with Crippen LogP contribution in [0.4, 0.5) is 11.8 Å². The molecule has 1 saturated heterocycles. The molecule has 24 heavy (non-hydrogen) atoms. The fourth-order valence-corrected chi connectivity index (χ4v) is 2.93. The molecule has 3 heterocycles. The van der Waals surface area contributed by atoms with Crippen molar-refractivity contribution in [3.8, 4) is 0 Å². The first-order chi connectivity index (χ1) is 11.5. The Bertz CT molecular complexity index is 699. The van der Waals surface area contributed by atoms with E-state index in [2.05, 4.69) is 20.0 Å². The van der Waals surface area contributed by atoms with Crippen molar-refractivity contribution >= 4 is 17.7 Å². The lowest BCUT2D eigenvalue weighted by Crippen LogP contribution is -2.49. The number of piperazine rings is 1. The molecule has 0 atom stereocenters. The van der Waals surface area contributed by atoms with E-state index in [1.807, 2.05) is 37.3 Å². The summed E-state index contributed by atoms with van der Waals surface area (Å²) >= 11 is 0. The number of rotatable bonds is 4. The van der Waals surface area contributed by atoms with Crippen LogP contribution in [0.1, 0.15) is 17.7 Å². The number of carbonyl (C=O) groups excluding carboxylic acids is 1. The van der Waals surface area contributed by atoms with Crippen LogP contribution in [0, 0.1) is 6.92 Å². The van der Waals surface area contributed by atoms with Gasteiger partial charge in [0.15, 0.2) is 0 Å². The van der Waals surface area contributed by atoms with Gasteiger partial charge in [0.2, 0.25) is 11.9 Å². The minimum atomic E-state index is 0.192. The molecule has 1 amide bonds. The summed E-state index contributed by atoms with van der Waals surface area (Å²) in [6.45, 7) is 4.83. The summed E-state index contributed by atoms with van der Waals surface area (Å²) in [4.78, 5) is 24.8. The summed E-state index contributed by atoms with van der Waals surface area (Å²) in [6.07, 6.45) is 5.01. The molecule has 0 aromatic carbocycles. The zero-order valence-corrected chi connectivity index (χ0v) is 14.1. The van der Waals surface area contributed by atoms with E-state index < -0.39 is 0 Å². The van der Waals surface area contributed by atoms with Gasteiger partial charge in [-0.15, -0.1) is 0 Å². The highest BCUT2D eigenvalue weighted by atomic mass is 16.2. The number of nitrogen functional groups attached to an aromatic ring is 1. The van der Waals surface area contributed by atoms with Gasteiger partial charge in [-0.25, -0.2) is 4.98 Å². The van der Waals surface area contributed by atoms with Gasteiger partial charge in [0.1, 0.15) is 5.82 Å². The first-order valence-electron chi connectivity index (χ1n) is 8.12. The van der Waals surface area contributed by atoms with Crippen LogP contribution in [0.5, 0.6) is 0 Å². The largest absolute Gasteiger partial charge is 0.368 e. The number of hydrogen-bond acceptors (Lipinski definition) is 6. The van der Waals surface area contributed by atoms with Gasteiger partial charge in [0, 0.05) is 57.6 Å². The number of carbonyl (C=O) groups is 1. The number of hydrogen-bond donors (Lipinski definition) is 1. The molecule has 1 aliphatic rings. The van der Waals surface area contributed by atoms with Gasteiger partial charge in [-0.3, -0.25) is 9.48 Å². The second-order valence-corrected chi connectivity index (χ2v) is 6.12. The third kappa shape index (κ3) is 3.81. The van der Waals surface area contributed by atoms with E-state index in [0.29, 0.717) is 25.5 Å². The molecule has 2 aromatic rings. The van der Waals surface area contributed by atoms with Crippen molar-refractivity contribution in [3.05, 3.63) is 29.7 Å². The van der Waals surface area contributed by atoms with Crippen molar-refractivity contribution in [3.63, 3.8) is 0 Å². The normalized spacial score (nSPS) is 14.9. The average molecular weight is 329 g/mol. The molecule has 0 aliphatic carbocycles. The number of nitrogens with two attached hydrogens (primary N) is 1. The first-order valence-corrected chi connectivity index (χ1v) is 8.12. The van der Waals surface area contributed by atoms with Crippen LogP contribution in [0.25, 0.3) is 0 Å². The number of aromatic nitrogens is 4. The van der Waals surface area contributed by atoms with Crippen LogP contribution >= 0.6 is 0 Å². The van der Waals surface area contributed by atoms with Gasteiger partial charge in [0.25, 0.3) is 0 Å². The van der Waals surface area contributed by atoms with Gasteiger partial charge >= 0.3 is 0 Å². The molecular weight excluding hydrogens is 306 g/mol. The SMILES string of the molecule is Cc1cc(N2CCN(C(=O)CCc3cnn(C)c3)CC2)nc(N)n1. The van der Waals surface area contributed by atoms with Crippen LogP contribution in [-0.4, -0.2) is 56.7 Å². The molecular formula is C16H23N7O. The zero-order valence-electron chi connectivity index (χ0n) is 14.1. The molecule has 128 valence electrons. The number of nitrogens with zero attached hydrogens (tertiary/aromatic N) is 6. The van der Waals surface area contributed by atoms with Gasteiger partial charge < -0.3 is 15.5 Å². The number of aryl methyl sites for hydroxylation is 3. The molecule has 0 radical (unpaired) electrons. The minimum absolute atomic E-state index is 0.192. The Morgan fingerprint density at radius 2 is 2.00 bits per heavy atom. The molecule has 1 aliphatic heterocycles. The van der Waals surface area contributed by atoms with Crippen LogP contribution in [0.2, 0.25) is 0 Å². The average Bonchev–Trinajstić information content (AvgIpc) is 2.97. The fourth-order valence-electron chi connectivity index (χ4n) is 2.93. The molecule has 3 rings (SSSR count). The standard InChI is InChI=1S/C16H23N7O/c1-12-9-14(20-16(17)19-12)22-5-7-23(8-6-22)15(24)4-3-13-10-18-21(2)11-13/h9-11H,3-8H2,1-2H3,(H2,17,19,20). The van der Waals surface area contributed by atoms with E-state index >= 15 is 0 Å². The summed E-state index contributed by atoms with van der Waals surface area (Å²) in [7, 11) is 1.88. The highest BCUT2D eigenvalue weighted by molar-refractivity contribution is 5.76. The van der Waals surface area contributed by atoms with Crippen LogP contribution in [0.3, 0.4) is 0 Å². The molecule has 0 spiro atoms. The molecule has 8 heteroatoms. The summed E-state index contributed by atoms with van der Waals surface area (Å²) in [5.41, 5.74) is 7.67. The predicted octanol–water partition coefficient (Wildman–Crippen LogP) is 0.382. The maximum atomic E-state index is 12.4. The molecule has 1 fully saturated rings. The van der Waals surface area contributed by atoms with Crippen molar-refractivity contribution in [1.29, 1.82) is 0 Å². The second-order valence-electron chi connectivity index (χ2n) is 6.12. The summed E-state index contributed by atoms with van der Waals surface area (Å²) in [6, 6.07) is 1.93. The van der Waals surface area contributed by atoms with Crippen molar-refractivity contribution in [2.24, 2.45) is 7.05 Å². The minimum Gasteiger partial charge on any atom is -0.368 e. The van der Waals surface area contributed by atoms with E-state index in [0.717, 1.165) is 36.6 Å². The lowest BCUT2D eigenvalue weighted by Gasteiger charge is -2.35. The van der Waals surface area contributed by atoms with E-state index in [1.54, 1.807) is 4.68 Å². The molecule has 0 bridgehead atoms. The third-order valence-corrected chi connectivity index (χ3v) is 4.20. The second kappa shape index (κ2) is 6.86. The lowest BCUT2D eigenvalue weighted by atomic mass is 10.1. The van der Waals surface area contributed by atoms with Gasteiger partial charge in [0.05, 0.1) is 6.20 Å². The zero-order chi connectivity index (χ0) is 17.1. The number of amides is 1. The third-order valence-electron chi connectivity index (χ3n) is 4.20. The number of anilines is 2. The topological polar surface area (TPSA) is 93.2 Å². The van der Waals surface area contributed by atoms with Crippen molar-refractivity contribution in [2.45, 2.75) is 19.8 Å². The van der Waals surface area contributed by atoms with Gasteiger partial charge in [-0.1, -0.05) is 0 Å². The van der Waals surface area contributed by atoms with Crippen LogP contribution < -0.4 is 10.6 Å². The van der Waals surface area contributed by atoms with Crippen molar-refractivity contribution in [2.75, 3.05) is 36.8 Å². The smallest absolute Gasteiger partial charge is 0.223 e. The Labute approximate surface area is 141 Å². The van der Waals surface area contributed by atoms with Gasteiger partial charge in [-0.05, 0) is 18.9 Å². The lowest BCUT2D eigenvalue weighted by molar-refractivity contribution is -0.131. The Hall–Kier alpha value is -2.64. The van der Waals surface area contributed by atoms with Crippen molar-refractivity contribution < 1.29 is 4.79 Å². The van der Waals surface area contributed by atoms with E-state index in [1.165, 1.54) is 0 Å². The molecule has 8 nitrogen and oxygen atoms in total. The van der Waals surface area contributed by atoms with E-state index in [-0.39, 0.29) is 5.91 Å². The first kappa shape index (κ1) is 16.2. The Balaban J connectivity index is 1.51. The Morgan fingerprint density at radius 1 is 1.25 bits per heavy atom. The highest BCUT2D eigenvalue weighted by Crippen LogP contribution is 2.16. The Morgan fingerprint density at radius 3 is 2.62 bits per heavy atom. The maximum absolute atomic E-state index is 12.4. The van der Waals surface area contributed by atoms with Crippen molar-refractivity contribution in [1.82, 2.24) is 24.6 Å². The quantitative estimate of drug-likeness (QED) is 0.872. The molecule has 0 saturated carbocycles. The fraction of sp³-hybridized carbons (Fsp3) is 0.500. The molecule has 2 N–H and O–H groups in total. The van der Waals surface area contributed by atoms with Crippen LogP contribution in [0.15, 0.2) is 18.5 Å². The van der Waals surface area contributed by atoms with E-state index in [9.17, 15) is 4.79 Å².